The minimum atomic E-state index is -0.470. The molecule has 20 heavy (non-hydrogen) atoms. The van der Waals surface area contributed by atoms with Gasteiger partial charge < -0.3 is 14.9 Å². The maximum absolute atomic E-state index is 11.7. The molecule has 5 heteroatoms. The van der Waals surface area contributed by atoms with Crippen molar-refractivity contribution in [2.45, 2.75) is 31.9 Å². The fourth-order valence-corrected chi connectivity index (χ4v) is 3.85. The van der Waals surface area contributed by atoms with Crippen molar-refractivity contribution in [2.75, 3.05) is 24.5 Å². The summed E-state index contributed by atoms with van der Waals surface area (Å²) in [6, 6.07) is 6.45. The maximum atomic E-state index is 11.7. The molecule has 2 atom stereocenters. The molecule has 2 aliphatic heterocycles. The molecule has 2 heterocycles. The van der Waals surface area contributed by atoms with Gasteiger partial charge in [-0.3, -0.25) is 4.79 Å². The largest absolute Gasteiger partial charge is 0.389 e. The number of carbonyl (C=O) groups is 1. The number of hydrogen-bond acceptors (Lipinski definition) is 3. The number of benzene rings is 1. The van der Waals surface area contributed by atoms with E-state index in [2.05, 4.69) is 33.0 Å². The van der Waals surface area contributed by atoms with E-state index < -0.39 is 6.10 Å². The summed E-state index contributed by atoms with van der Waals surface area (Å²) >= 11 is 3.53. The highest BCUT2D eigenvalue weighted by Gasteiger charge is 2.35. The second kappa shape index (κ2) is 5.37. The molecule has 2 saturated heterocycles. The molecule has 2 aliphatic rings. The molecule has 0 saturated carbocycles. The van der Waals surface area contributed by atoms with Crippen molar-refractivity contribution in [3.05, 3.63) is 28.2 Å². The number of piperazine rings is 1. The third-order valence-electron chi connectivity index (χ3n) is 4.29. The van der Waals surface area contributed by atoms with Gasteiger partial charge in [-0.05, 0) is 31.0 Å². The van der Waals surface area contributed by atoms with E-state index in [4.69, 9.17) is 0 Å². The Morgan fingerprint density at radius 3 is 2.90 bits per heavy atom. The van der Waals surface area contributed by atoms with Crippen LogP contribution in [0.2, 0.25) is 0 Å². The Kier molecular flexibility index (Phi) is 3.73. The molecule has 0 spiro atoms. The number of aliphatic hydroxyl groups is 1. The van der Waals surface area contributed by atoms with Gasteiger partial charge in [0.15, 0.2) is 0 Å². The lowest BCUT2D eigenvalue weighted by Crippen LogP contribution is -2.51. The van der Waals surface area contributed by atoms with Gasteiger partial charge in [0, 0.05) is 42.3 Å². The van der Waals surface area contributed by atoms with Gasteiger partial charge in [0.2, 0.25) is 5.91 Å². The van der Waals surface area contributed by atoms with E-state index in [0.717, 1.165) is 41.8 Å². The topological polar surface area (TPSA) is 43.8 Å². The number of carbonyl (C=O) groups excluding carboxylic acids is 1. The lowest BCUT2D eigenvalue weighted by atomic mass is 10.1. The number of amides is 1. The zero-order valence-corrected chi connectivity index (χ0v) is 13.1. The van der Waals surface area contributed by atoms with Crippen molar-refractivity contribution in [2.24, 2.45) is 0 Å². The molecule has 0 aliphatic carbocycles. The van der Waals surface area contributed by atoms with E-state index in [1.807, 2.05) is 11.0 Å². The van der Waals surface area contributed by atoms with Gasteiger partial charge in [0.05, 0.1) is 6.10 Å². The Morgan fingerprint density at radius 2 is 2.20 bits per heavy atom. The molecule has 1 amide bonds. The molecule has 1 aromatic carbocycles. The van der Waals surface area contributed by atoms with Gasteiger partial charge in [0.1, 0.15) is 0 Å². The summed E-state index contributed by atoms with van der Waals surface area (Å²) in [6.07, 6.45) is 1.20. The van der Waals surface area contributed by atoms with E-state index in [1.165, 1.54) is 0 Å². The molecule has 0 bridgehead atoms. The van der Waals surface area contributed by atoms with E-state index in [1.54, 1.807) is 6.92 Å². The third kappa shape index (κ3) is 2.44. The lowest BCUT2D eigenvalue weighted by Gasteiger charge is -2.39. The van der Waals surface area contributed by atoms with Crippen LogP contribution >= 0.6 is 15.9 Å². The Labute approximate surface area is 127 Å². The zero-order chi connectivity index (χ0) is 14.3. The van der Waals surface area contributed by atoms with E-state index in [-0.39, 0.29) is 0 Å². The zero-order valence-electron chi connectivity index (χ0n) is 11.6. The second-order valence-corrected chi connectivity index (χ2v) is 6.46. The first-order valence-electron chi connectivity index (χ1n) is 7.08. The van der Waals surface area contributed by atoms with Crippen LogP contribution in [0.5, 0.6) is 0 Å². The highest BCUT2D eigenvalue weighted by atomic mass is 79.9. The predicted octanol–water partition coefficient (Wildman–Crippen LogP) is 2.31. The highest BCUT2D eigenvalue weighted by Crippen LogP contribution is 2.31. The second-order valence-electron chi connectivity index (χ2n) is 5.61. The summed E-state index contributed by atoms with van der Waals surface area (Å²) in [7, 11) is 0. The normalized spacial score (nSPS) is 23.9. The fraction of sp³-hybridized carbons (Fsp3) is 0.533. The van der Waals surface area contributed by atoms with Crippen molar-refractivity contribution in [1.82, 2.24) is 4.90 Å². The Morgan fingerprint density at radius 1 is 1.40 bits per heavy atom. The van der Waals surface area contributed by atoms with Crippen molar-refractivity contribution >= 4 is 27.5 Å². The molecule has 2 fully saturated rings. The number of anilines is 1. The van der Waals surface area contributed by atoms with Gasteiger partial charge in [-0.15, -0.1) is 0 Å². The van der Waals surface area contributed by atoms with Gasteiger partial charge in [-0.25, -0.2) is 0 Å². The first-order chi connectivity index (χ1) is 9.56. The SMILES string of the molecule is CC(O)c1ccc(N2CCN3C(=O)CCC3C2)cc1Br. The molecular formula is C15H19BrN2O2. The molecule has 0 radical (unpaired) electrons. The lowest BCUT2D eigenvalue weighted by molar-refractivity contribution is -0.129. The van der Waals surface area contributed by atoms with Crippen LogP contribution in [0, 0.1) is 0 Å². The van der Waals surface area contributed by atoms with Crippen LogP contribution in [0.25, 0.3) is 0 Å². The standard InChI is InChI=1S/C15H19BrN2O2/c1-10(19)13-4-2-11(8-14(13)16)17-6-7-18-12(9-17)3-5-15(18)20/h2,4,8,10,12,19H,3,5-7,9H2,1H3. The van der Waals surface area contributed by atoms with E-state index >= 15 is 0 Å². The van der Waals surface area contributed by atoms with Crippen LogP contribution in [-0.2, 0) is 4.79 Å². The van der Waals surface area contributed by atoms with Crippen LogP contribution < -0.4 is 4.90 Å². The Hall–Kier alpha value is -1.07. The summed E-state index contributed by atoms with van der Waals surface area (Å²) in [4.78, 5) is 16.1. The van der Waals surface area contributed by atoms with Gasteiger partial charge in [-0.1, -0.05) is 22.0 Å². The van der Waals surface area contributed by atoms with Gasteiger partial charge in [0.25, 0.3) is 0 Å². The van der Waals surface area contributed by atoms with Crippen molar-refractivity contribution in [3.63, 3.8) is 0 Å². The smallest absolute Gasteiger partial charge is 0.223 e. The Balaban J connectivity index is 1.77. The predicted molar refractivity (Wildman–Crippen MR) is 81.7 cm³/mol. The number of hydrogen-bond donors (Lipinski definition) is 1. The summed E-state index contributed by atoms with van der Waals surface area (Å²) in [5, 5.41) is 9.67. The van der Waals surface area contributed by atoms with Gasteiger partial charge >= 0.3 is 0 Å². The number of rotatable bonds is 2. The quantitative estimate of drug-likeness (QED) is 0.899. The van der Waals surface area contributed by atoms with Gasteiger partial charge in [-0.2, -0.15) is 0 Å². The maximum Gasteiger partial charge on any atom is 0.223 e. The molecule has 4 nitrogen and oxygen atoms in total. The minimum Gasteiger partial charge on any atom is -0.389 e. The van der Waals surface area contributed by atoms with Crippen molar-refractivity contribution in [1.29, 1.82) is 0 Å². The third-order valence-corrected chi connectivity index (χ3v) is 4.98. The summed E-state index contributed by atoms with van der Waals surface area (Å²) in [5.74, 6) is 0.306. The van der Waals surface area contributed by atoms with Crippen molar-refractivity contribution < 1.29 is 9.90 Å². The average molecular weight is 339 g/mol. The van der Waals surface area contributed by atoms with Crippen LogP contribution in [0.3, 0.4) is 0 Å². The summed E-state index contributed by atoms with van der Waals surface area (Å²) < 4.78 is 0.940. The summed E-state index contributed by atoms with van der Waals surface area (Å²) in [6.45, 7) is 4.37. The molecule has 3 rings (SSSR count). The number of fused-ring (bicyclic) bond motifs is 1. The number of halogens is 1. The Bertz CT molecular complexity index is 533. The van der Waals surface area contributed by atoms with Crippen LogP contribution in [0.15, 0.2) is 22.7 Å². The molecule has 1 aromatic rings. The monoisotopic (exact) mass is 338 g/mol. The molecular weight excluding hydrogens is 320 g/mol. The van der Waals surface area contributed by atoms with Crippen molar-refractivity contribution in [3.8, 4) is 0 Å². The van der Waals surface area contributed by atoms with Crippen LogP contribution in [0.4, 0.5) is 5.69 Å². The minimum absolute atomic E-state index is 0.306. The molecule has 0 aromatic heterocycles. The molecule has 1 N–H and O–H groups in total. The van der Waals surface area contributed by atoms with E-state index in [0.29, 0.717) is 18.4 Å². The fourth-order valence-electron chi connectivity index (χ4n) is 3.15. The molecule has 2 unspecified atom stereocenters. The van der Waals surface area contributed by atoms with E-state index in [9.17, 15) is 9.90 Å². The first-order valence-corrected chi connectivity index (χ1v) is 7.87. The van der Waals surface area contributed by atoms with Crippen LogP contribution in [0.1, 0.15) is 31.4 Å². The number of aliphatic hydroxyl groups excluding tert-OH is 1. The first kappa shape index (κ1) is 13.9. The van der Waals surface area contributed by atoms with Crippen LogP contribution in [-0.4, -0.2) is 41.6 Å². The highest BCUT2D eigenvalue weighted by molar-refractivity contribution is 9.10. The number of nitrogens with zero attached hydrogens (tertiary/aromatic N) is 2. The summed E-state index contributed by atoms with van der Waals surface area (Å²) in [5.41, 5.74) is 2.06. The average Bonchev–Trinajstić information content (AvgIpc) is 2.79. The molecule has 108 valence electrons.